The molecule has 3 aromatic rings. The monoisotopic (exact) mass is 293 g/mol. The quantitative estimate of drug-likeness (QED) is 0.803. The molecule has 0 bridgehead atoms. The molecule has 0 spiro atoms. The summed E-state index contributed by atoms with van der Waals surface area (Å²) in [4.78, 5) is 19.8. The van der Waals surface area contributed by atoms with E-state index in [9.17, 15) is 4.79 Å². The topological polar surface area (TPSA) is 72.7 Å². The van der Waals surface area contributed by atoms with Gasteiger partial charge in [-0.05, 0) is 12.1 Å². The number of nitrogens with zero attached hydrogens (tertiary/aromatic N) is 4. The summed E-state index contributed by atoms with van der Waals surface area (Å²) in [6.07, 6.45) is 2.86. The fraction of sp³-hybridized carbons (Fsp3) is 0.0909. The largest absolute Gasteiger partial charge is 0.300 e. The number of fused-ring (bicyclic) bond motifs is 1. The minimum Gasteiger partial charge on any atom is -0.300 e. The molecule has 3 rings (SSSR count). The van der Waals surface area contributed by atoms with E-state index in [2.05, 4.69) is 20.4 Å². The number of amides is 1. The molecule has 1 N–H and O–H groups in total. The van der Waals surface area contributed by atoms with Crippen molar-refractivity contribution in [2.45, 2.75) is 6.54 Å². The van der Waals surface area contributed by atoms with E-state index in [-0.39, 0.29) is 12.5 Å². The zero-order valence-corrected chi connectivity index (χ0v) is 11.1. The molecule has 0 unspecified atom stereocenters. The van der Waals surface area contributed by atoms with Crippen molar-refractivity contribution in [2.24, 2.45) is 0 Å². The summed E-state index contributed by atoms with van der Waals surface area (Å²) in [6.45, 7) is 0.101. The average Bonchev–Trinajstić information content (AvgIpc) is 2.98. The number of thiazole rings is 1. The number of aromatic nitrogens is 4. The van der Waals surface area contributed by atoms with E-state index in [0.717, 1.165) is 4.70 Å². The smallest absolute Gasteiger partial charge is 0.247 e. The number of carbonyl (C=O) groups excluding carboxylic acids is 1. The Kier molecular flexibility index (Phi) is 3.14. The third-order valence-electron chi connectivity index (χ3n) is 2.39. The maximum absolute atomic E-state index is 11.8. The number of rotatable bonds is 3. The lowest BCUT2D eigenvalue weighted by atomic mass is 10.3. The molecule has 6 nitrogen and oxygen atoms in total. The van der Waals surface area contributed by atoms with E-state index in [1.165, 1.54) is 28.7 Å². The van der Waals surface area contributed by atoms with Crippen LogP contribution in [0.25, 0.3) is 10.2 Å². The summed E-state index contributed by atoms with van der Waals surface area (Å²) in [7, 11) is 0. The minimum absolute atomic E-state index is 0.101. The molecule has 19 heavy (non-hydrogen) atoms. The maximum atomic E-state index is 11.8. The van der Waals surface area contributed by atoms with Gasteiger partial charge in [-0.3, -0.25) is 4.79 Å². The van der Waals surface area contributed by atoms with Crippen molar-refractivity contribution in [1.29, 1.82) is 0 Å². The van der Waals surface area contributed by atoms with E-state index < -0.39 is 0 Å². The predicted octanol–water partition coefficient (Wildman–Crippen LogP) is 2.18. The SMILES string of the molecule is O=C(Cn1cncn1)Nc1nc2c(Cl)cccc2s1. The van der Waals surface area contributed by atoms with Crippen LogP contribution in [0.3, 0.4) is 0 Å². The Hall–Kier alpha value is -1.99. The van der Waals surface area contributed by atoms with Crippen LogP contribution in [0.5, 0.6) is 0 Å². The van der Waals surface area contributed by atoms with Crippen LogP contribution in [0.4, 0.5) is 5.13 Å². The maximum Gasteiger partial charge on any atom is 0.247 e. The Labute approximate surface area is 117 Å². The minimum atomic E-state index is -0.208. The van der Waals surface area contributed by atoms with Gasteiger partial charge in [0, 0.05) is 0 Å². The van der Waals surface area contributed by atoms with Gasteiger partial charge < -0.3 is 5.32 Å². The Balaban J connectivity index is 1.78. The van der Waals surface area contributed by atoms with Gasteiger partial charge in [0.1, 0.15) is 24.7 Å². The second-order valence-electron chi connectivity index (χ2n) is 3.75. The normalized spacial score (nSPS) is 10.8. The average molecular weight is 294 g/mol. The highest BCUT2D eigenvalue weighted by molar-refractivity contribution is 7.22. The summed E-state index contributed by atoms with van der Waals surface area (Å²) in [6, 6.07) is 5.53. The predicted molar refractivity (Wildman–Crippen MR) is 73.3 cm³/mol. The van der Waals surface area contributed by atoms with Crippen molar-refractivity contribution in [2.75, 3.05) is 5.32 Å². The number of hydrogen-bond donors (Lipinski definition) is 1. The number of anilines is 1. The molecule has 2 heterocycles. The standard InChI is InChI=1S/C11H8ClN5OS/c12-7-2-1-3-8-10(7)16-11(19-8)15-9(18)4-17-6-13-5-14-17/h1-3,5-6H,4H2,(H,15,16,18). The summed E-state index contributed by atoms with van der Waals surface area (Å²) in [5, 5.41) is 7.68. The van der Waals surface area contributed by atoms with Crippen molar-refractivity contribution >= 4 is 44.2 Å². The van der Waals surface area contributed by atoms with Crippen molar-refractivity contribution in [3.8, 4) is 0 Å². The van der Waals surface area contributed by atoms with Crippen LogP contribution < -0.4 is 5.32 Å². The first kappa shape index (κ1) is 12.1. The van der Waals surface area contributed by atoms with Crippen LogP contribution in [0.2, 0.25) is 5.02 Å². The zero-order chi connectivity index (χ0) is 13.2. The second kappa shape index (κ2) is 4.94. The molecular formula is C11H8ClN5OS. The van der Waals surface area contributed by atoms with Gasteiger partial charge in [0.2, 0.25) is 5.91 Å². The molecule has 0 aliphatic heterocycles. The molecule has 0 aliphatic carbocycles. The molecule has 96 valence electrons. The van der Waals surface area contributed by atoms with Crippen molar-refractivity contribution in [3.05, 3.63) is 35.9 Å². The highest BCUT2D eigenvalue weighted by atomic mass is 35.5. The zero-order valence-electron chi connectivity index (χ0n) is 9.58. The van der Waals surface area contributed by atoms with E-state index >= 15 is 0 Å². The Bertz CT molecular complexity index is 724. The molecule has 0 atom stereocenters. The molecule has 0 saturated heterocycles. The Morgan fingerprint density at radius 3 is 3.11 bits per heavy atom. The molecule has 1 aromatic carbocycles. The lowest BCUT2D eigenvalue weighted by Crippen LogP contribution is -2.18. The number of halogens is 1. The highest BCUT2D eigenvalue weighted by Gasteiger charge is 2.10. The lowest BCUT2D eigenvalue weighted by Gasteiger charge is -2.00. The number of benzene rings is 1. The molecule has 0 radical (unpaired) electrons. The Morgan fingerprint density at radius 1 is 1.47 bits per heavy atom. The molecule has 1 amide bonds. The van der Waals surface area contributed by atoms with E-state index in [0.29, 0.717) is 15.7 Å². The number of nitrogens with one attached hydrogen (secondary N) is 1. The fourth-order valence-electron chi connectivity index (χ4n) is 1.59. The van der Waals surface area contributed by atoms with Gasteiger partial charge in [0.15, 0.2) is 5.13 Å². The first-order valence-corrected chi connectivity index (χ1v) is 6.59. The van der Waals surface area contributed by atoms with Crippen LogP contribution in [-0.4, -0.2) is 25.7 Å². The number of carbonyl (C=O) groups is 1. The highest BCUT2D eigenvalue weighted by Crippen LogP contribution is 2.30. The number of hydrogen-bond acceptors (Lipinski definition) is 5. The van der Waals surface area contributed by atoms with Crippen molar-refractivity contribution in [3.63, 3.8) is 0 Å². The third-order valence-corrected chi connectivity index (χ3v) is 3.63. The summed E-state index contributed by atoms with van der Waals surface area (Å²) in [5.41, 5.74) is 0.699. The van der Waals surface area contributed by atoms with E-state index in [1.54, 1.807) is 6.07 Å². The van der Waals surface area contributed by atoms with Gasteiger partial charge in [0.05, 0.1) is 9.72 Å². The van der Waals surface area contributed by atoms with Gasteiger partial charge in [-0.1, -0.05) is 29.0 Å². The third kappa shape index (κ3) is 2.56. The van der Waals surface area contributed by atoms with Gasteiger partial charge in [-0.25, -0.2) is 14.6 Å². The summed E-state index contributed by atoms with van der Waals surface area (Å²) >= 11 is 7.41. The van der Waals surface area contributed by atoms with Crippen LogP contribution >= 0.6 is 22.9 Å². The van der Waals surface area contributed by atoms with Gasteiger partial charge in [-0.15, -0.1) is 0 Å². The van der Waals surface area contributed by atoms with Crippen LogP contribution in [-0.2, 0) is 11.3 Å². The van der Waals surface area contributed by atoms with Crippen molar-refractivity contribution in [1.82, 2.24) is 19.7 Å². The van der Waals surface area contributed by atoms with Gasteiger partial charge in [-0.2, -0.15) is 5.10 Å². The van der Waals surface area contributed by atoms with E-state index in [1.807, 2.05) is 12.1 Å². The number of para-hydroxylation sites is 1. The molecule has 0 aliphatic rings. The molecule has 2 aromatic heterocycles. The summed E-state index contributed by atoms with van der Waals surface area (Å²) in [5.74, 6) is -0.208. The second-order valence-corrected chi connectivity index (χ2v) is 5.18. The van der Waals surface area contributed by atoms with Crippen LogP contribution in [0.15, 0.2) is 30.9 Å². The van der Waals surface area contributed by atoms with Crippen LogP contribution in [0, 0.1) is 0 Å². The Morgan fingerprint density at radius 2 is 2.37 bits per heavy atom. The molecular weight excluding hydrogens is 286 g/mol. The first-order chi connectivity index (χ1) is 9.22. The van der Waals surface area contributed by atoms with Crippen molar-refractivity contribution < 1.29 is 4.79 Å². The fourth-order valence-corrected chi connectivity index (χ4v) is 2.77. The molecule has 8 heteroatoms. The van der Waals surface area contributed by atoms with Crippen LogP contribution in [0.1, 0.15) is 0 Å². The molecule has 0 saturated carbocycles. The van der Waals surface area contributed by atoms with E-state index in [4.69, 9.17) is 11.6 Å². The van der Waals surface area contributed by atoms with Gasteiger partial charge in [0.25, 0.3) is 0 Å². The first-order valence-electron chi connectivity index (χ1n) is 5.40. The molecule has 0 fully saturated rings. The lowest BCUT2D eigenvalue weighted by molar-refractivity contribution is -0.116. The summed E-state index contributed by atoms with van der Waals surface area (Å²) < 4.78 is 2.37. The van der Waals surface area contributed by atoms with Gasteiger partial charge >= 0.3 is 0 Å².